The van der Waals surface area contributed by atoms with E-state index < -0.39 is 0 Å². The summed E-state index contributed by atoms with van der Waals surface area (Å²) in [5.41, 5.74) is 2.25. The van der Waals surface area contributed by atoms with Crippen LogP contribution in [0.5, 0.6) is 0 Å². The molecule has 0 bridgehead atoms. The van der Waals surface area contributed by atoms with E-state index in [4.69, 9.17) is 0 Å². The maximum Gasteiger partial charge on any atom is 0.315 e. The van der Waals surface area contributed by atoms with Gasteiger partial charge in [-0.15, -0.1) is 0 Å². The normalized spacial score (nSPS) is 23.0. The topological polar surface area (TPSA) is 79.3 Å². The average Bonchev–Trinajstić information content (AvgIpc) is 3.04. The fourth-order valence-corrected chi connectivity index (χ4v) is 5.28. The second-order valence-corrected chi connectivity index (χ2v) is 9.26. The SMILES string of the molecule is O=C(NCC1CCCCN1CCn1nc2c(cc1=O)CCC2)NC1CCCCCC1. The Hall–Kier alpha value is -1.89. The molecule has 1 unspecified atom stereocenters. The van der Waals surface area contributed by atoms with Crippen LogP contribution in [0.15, 0.2) is 10.9 Å². The smallest absolute Gasteiger partial charge is 0.315 e. The highest BCUT2D eigenvalue weighted by molar-refractivity contribution is 5.74. The van der Waals surface area contributed by atoms with Gasteiger partial charge in [0, 0.05) is 31.2 Å². The lowest BCUT2D eigenvalue weighted by molar-refractivity contribution is 0.138. The standard InChI is InChI=1S/C23H37N5O2/c29-22-16-18-8-7-12-21(18)26-28(22)15-14-27-13-6-5-11-20(27)17-24-23(30)25-19-9-3-1-2-4-10-19/h16,19-20H,1-15,17H2,(H2,24,25,30). The Morgan fingerprint density at radius 1 is 1.00 bits per heavy atom. The molecule has 1 aromatic rings. The number of nitrogens with zero attached hydrogens (tertiary/aromatic N) is 3. The molecule has 1 atom stereocenters. The van der Waals surface area contributed by atoms with Crippen molar-refractivity contribution in [2.24, 2.45) is 0 Å². The van der Waals surface area contributed by atoms with Crippen molar-refractivity contribution in [3.63, 3.8) is 0 Å². The van der Waals surface area contributed by atoms with E-state index in [-0.39, 0.29) is 11.6 Å². The molecule has 2 heterocycles. The monoisotopic (exact) mass is 415 g/mol. The van der Waals surface area contributed by atoms with Crippen LogP contribution in [0.4, 0.5) is 4.79 Å². The molecule has 0 aromatic carbocycles. The highest BCUT2D eigenvalue weighted by atomic mass is 16.2. The molecule has 0 radical (unpaired) electrons. The largest absolute Gasteiger partial charge is 0.337 e. The molecule has 1 saturated carbocycles. The molecule has 3 aliphatic rings. The summed E-state index contributed by atoms with van der Waals surface area (Å²) in [5, 5.41) is 10.9. The van der Waals surface area contributed by atoms with Crippen LogP contribution in [0.1, 0.15) is 75.5 Å². The molecule has 0 spiro atoms. The number of aromatic nitrogens is 2. The zero-order valence-electron chi connectivity index (χ0n) is 18.2. The minimum absolute atomic E-state index is 0.0186. The molecule has 30 heavy (non-hydrogen) atoms. The van der Waals surface area contributed by atoms with Crippen LogP contribution >= 0.6 is 0 Å². The molecule has 7 nitrogen and oxygen atoms in total. The van der Waals surface area contributed by atoms with E-state index in [1.807, 2.05) is 0 Å². The van der Waals surface area contributed by atoms with Crippen LogP contribution in [0, 0.1) is 0 Å². The number of aryl methyl sites for hydroxylation is 2. The van der Waals surface area contributed by atoms with Gasteiger partial charge in [0.15, 0.2) is 0 Å². The zero-order chi connectivity index (χ0) is 20.8. The Labute approximate surface area is 179 Å². The maximum absolute atomic E-state index is 12.4. The number of likely N-dealkylation sites (tertiary alicyclic amines) is 1. The summed E-state index contributed by atoms with van der Waals surface area (Å²) in [6.45, 7) is 3.13. The van der Waals surface area contributed by atoms with E-state index in [9.17, 15) is 9.59 Å². The van der Waals surface area contributed by atoms with Crippen molar-refractivity contribution < 1.29 is 4.79 Å². The third-order valence-electron chi connectivity index (χ3n) is 7.06. The molecule has 4 rings (SSSR count). The van der Waals surface area contributed by atoms with Gasteiger partial charge >= 0.3 is 6.03 Å². The van der Waals surface area contributed by atoms with Crippen LogP contribution in [0.25, 0.3) is 0 Å². The van der Waals surface area contributed by atoms with Gasteiger partial charge in [-0.25, -0.2) is 9.48 Å². The van der Waals surface area contributed by atoms with E-state index >= 15 is 0 Å². The minimum atomic E-state index is -0.0241. The summed E-state index contributed by atoms with van der Waals surface area (Å²) in [6, 6.07) is 2.42. The fraction of sp³-hybridized carbons (Fsp3) is 0.783. The molecule has 7 heteroatoms. The molecule has 2 fully saturated rings. The first-order valence-corrected chi connectivity index (χ1v) is 12.1. The zero-order valence-corrected chi connectivity index (χ0v) is 18.2. The van der Waals surface area contributed by atoms with Gasteiger partial charge < -0.3 is 10.6 Å². The summed E-state index contributed by atoms with van der Waals surface area (Å²) < 4.78 is 1.64. The fourth-order valence-electron chi connectivity index (χ4n) is 5.28. The summed E-state index contributed by atoms with van der Waals surface area (Å²) in [6.07, 6.45) is 13.8. The van der Waals surface area contributed by atoms with Gasteiger partial charge in [0.1, 0.15) is 0 Å². The highest BCUT2D eigenvalue weighted by Crippen LogP contribution is 2.19. The number of hydrogen-bond acceptors (Lipinski definition) is 4. The molecule has 1 saturated heterocycles. The predicted molar refractivity (Wildman–Crippen MR) is 118 cm³/mol. The number of nitrogens with one attached hydrogen (secondary N) is 2. The van der Waals surface area contributed by atoms with Crippen molar-refractivity contribution in [2.75, 3.05) is 19.6 Å². The van der Waals surface area contributed by atoms with E-state index in [2.05, 4.69) is 20.6 Å². The van der Waals surface area contributed by atoms with Crippen LogP contribution in [0.2, 0.25) is 0 Å². The number of carbonyl (C=O) groups excluding carboxylic acids is 1. The Morgan fingerprint density at radius 2 is 1.80 bits per heavy atom. The van der Waals surface area contributed by atoms with Crippen molar-refractivity contribution in [2.45, 2.75) is 95.7 Å². The molecule has 2 N–H and O–H groups in total. The molecular formula is C23H37N5O2. The van der Waals surface area contributed by atoms with Crippen LogP contribution in [-0.2, 0) is 19.4 Å². The predicted octanol–water partition coefficient (Wildman–Crippen LogP) is 2.61. The van der Waals surface area contributed by atoms with Gasteiger partial charge in [0.25, 0.3) is 5.56 Å². The Bertz CT molecular complexity index is 769. The quantitative estimate of drug-likeness (QED) is 0.700. The molecule has 166 valence electrons. The third kappa shape index (κ3) is 5.62. The van der Waals surface area contributed by atoms with E-state index in [0.717, 1.165) is 62.9 Å². The van der Waals surface area contributed by atoms with Crippen LogP contribution in [-0.4, -0.2) is 52.4 Å². The van der Waals surface area contributed by atoms with Crippen LogP contribution in [0.3, 0.4) is 0 Å². The Morgan fingerprint density at radius 3 is 2.63 bits per heavy atom. The second kappa shape index (κ2) is 10.4. The van der Waals surface area contributed by atoms with Gasteiger partial charge in [0.2, 0.25) is 0 Å². The lowest BCUT2D eigenvalue weighted by Gasteiger charge is -2.36. The number of piperidine rings is 1. The molecular weight excluding hydrogens is 378 g/mol. The van der Waals surface area contributed by atoms with Crippen molar-refractivity contribution in [1.82, 2.24) is 25.3 Å². The highest BCUT2D eigenvalue weighted by Gasteiger charge is 2.24. The Balaban J connectivity index is 1.27. The molecule has 2 aliphatic carbocycles. The Kier molecular flexibility index (Phi) is 7.42. The van der Waals surface area contributed by atoms with E-state index in [1.54, 1.807) is 10.7 Å². The van der Waals surface area contributed by atoms with Crippen molar-refractivity contribution in [1.29, 1.82) is 0 Å². The third-order valence-corrected chi connectivity index (χ3v) is 7.06. The molecule has 1 aromatic heterocycles. The summed E-state index contributed by atoms with van der Waals surface area (Å²) in [7, 11) is 0. The number of rotatable bonds is 6. The molecule has 1 aliphatic heterocycles. The molecule has 2 amide bonds. The first-order valence-electron chi connectivity index (χ1n) is 12.1. The van der Waals surface area contributed by atoms with Gasteiger partial charge in [-0.05, 0) is 57.1 Å². The summed E-state index contributed by atoms with van der Waals surface area (Å²) >= 11 is 0. The number of carbonyl (C=O) groups is 1. The van der Waals surface area contributed by atoms with Gasteiger partial charge in [-0.2, -0.15) is 5.10 Å². The van der Waals surface area contributed by atoms with Crippen molar-refractivity contribution >= 4 is 6.03 Å². The minimum Gasteiger partial charge on any atom is -0.337 e. The van der Waals surface area contributed by atoms with Crippen molar-refractivity contribution in [3.8, 4) is 0 Å². The lowest BCUT2D eigenvalue weighted by Crippen LogP contribution is -2.51. The number of fused-ring (bicyclic) bond motifs is 1. The average molecular weight is 416 g/mol. The first kappa shape index (κ1) is 21.3. The maximum atomic E-state index is 12.4. The van der Waals surface area contributed by atoms with Crippen LogP contribution < -0.4 is 16.2 Å². The first-order chi connectivity index (χ1) is 14.7. The summed E-state index contributed by atoms with van der Waals surface area (Å²) in [5.74, 6) is 0. The number of urea groups is 1. The van der Waals surface area contributed by atoms with E-state index in [0.29, 0.717) is 25.2 Å². The van der Waals surface area contributed by atoms with Crippen molar-refractivity contribution in [3.05, 3.63) is 27.7 Å². The van der Waals surface area contributed by atoms with E-state index in [1.165, 1.54) is 38.5 Å². The number of amides is 2. The summed E-state index contributed by atoms with van der Waals surface area (Å²) in [4.78, 5) is 27.2. The lowest BCUT2D eigenvalue weighted by atomic mass is 10.0. The van der Waals surface area contributed by atoms with Gasteiger partial charge in [-0.1, -0.05) is 32.1 Å². The second-order valence-electron chi connectivity index (χ2n) is 9.26. The van der Waals surface area contributed by atoms with Gasteiger partial charge in [0.05, 0.1) is 12.2 Å². The van der Waals surface area contributed by atoms with Gasteiger partial charge in [-0.3, -0.25) is 9.69 Å². The number of hydrogen-bond donors (Lipinski definition) is 2.